The van der Waals surface area contributed by atoms with Crippen LogP contribution in [0.3, 0.4) is 0 Å². The standard InChI is InChI=1S/C25H48O/c1-3-5-7-8-9-10-11-12-22-13-15-23(16-14-22)24-17-19-25(20-18-24)26-21-6-4-2/h22-25H,3-21H2,1-2H3/t22-,23-,24-,25-. The van der Waals surface area contributed by atoms with Crippen LogP contribution in [0, 0.1) is 17.8 Å². The Morgan fingerprint density at radius 2 is 1.12 bits per heavy atom. The van der Waals surface area contributed by atoms with Crippen LogP contribution < -0.4 is 0 Å². The van der Waals surface area contributed by atoms with Crippen molar-refractivity contribution in [2.75, 3.05) is 6.61 Å². The molecule has 0 aliphatic heterocycles. The number of hydrogen-bond donors (Lipinski definition) is 0. The summed E-state index contributed by atoms with van der Waals surface area (Å²) in [5.41, 5.74) is 0. The highest BCUT2D eigenvalue weighted by Gasteiger charge is 2.30. The first-order valence-corrected chi connectivity index (χ1v) is 12.4. The van der Waals surface area contributed by atoms with Crippen LogP contribution in [-0.4, -0.2) is 12.7 Å². The zero-order valence-electron chi connectivity index (χ0n) is 18.2. The maximum atomic E-state index is 6.06. The maximum Gasteiger partial charge on any atom is 0.0575 e. The summed E-state index contributed by atoms with van der Waals surface area (Å²) in [6.07, 6.45) is 26.6. The molecule has 0 N–H and O–H groups in total. The average Bonchev–Trinajstić information content (AvgIpc) is 2.69. The molecule has 2 aliphatic rings. The van der Waals surface area contributed by atoms with Crippen LogP contribution in [0.2, 0.25) is 0 Å². The Bertz CT molecular complexity index is 310. The molecule has 2 aliphatic carbocycles. The van der Waals surface area contributed by atoms with E-state index in [1.54, 1.807) is 0 Å². The average molecular weight is 365 g/mol. The van der Waals surface area contributed by atoms with Gasteiger partial charge in [-0.2, -0.15) is 0 Å². The fourth-order valence-corrected chi connectivity index (χ4v) is 5.46. The van der Waals surface area contributed by atoms with Crippen molar-refractivity contribution >= 4 is 0 Å². The van der Waals surface area contributed by atoms with Crippen molar-refractivity contribution in [3.05, 3.63) is 0 Å². The molecule has 1 heteroatoms. The molecule has 0 radical (unpaired) electrons. The quantitative estimate of drug-likeness (QED) is 0.298. The van der Waals surface area contributed by atoms with Gasteiger partial charge in [0, 0.05) is 6.61 Å². The van der Waals surface area contributed by atoms with E-state index in [4.69, 9.17) is 4.74 Å². The van der Waals surface area contributed by atoms with Crippen molar-refractivity contribution in [1.29, 1.82) is 0 Å². The normalized spacial score (nSPS) is 29.8. The summed E-state index contributed by atoms with van der Waals surface area (Å²) in [5.74, 6) is 3.15. The van der Waals surface area contributed by atoms with Gasteiger partial charge < -0.3 is 4.74 Å². The molecular formula is C25H48O. The van der Waals surface area contributed by atoms with E-state index in [1.165, 1.54) is 116 Å². The number of hydrogen-bond acceptors (Lipinski definition) is 1. The zero-order chi connectivity index (χ0) is 18.5. The van der Waals surface area contributed by atoms with Crippen LogP contribution in [0.4, 0.5) is 0 Å². The molecule has 0 heterocycles. The fraction of sp³-hybridized carbons (Fsp3) is 1.00. The van der Waals surface area contributed by atoms with Crippen LogP contribution >= 0.6 is 0 Å². The van der Waals surface area contributed by atoms with Crippen molar-refractivity contribution in [2.45, 2.75) is 136 Å². The van der Waals surface area contributed by atoms with E-state index in [-0.39, 0.29) is 0 Å². The van der Waals surface area contributed by atoms with Crippen molar-refractivity contribution in [3.63, 3.8) is 0 Å². The molecule has 2 fully saturated rings. The highest BCUT2D eigenvalue weighted by molar-refractivity contribution is 4.82. The monoisotopic (exact) mass is 364 g/mol. The summed E-state index contributed by atoms with van der Waals surface area (Å²) in [7, 11) is 0. The summed E-state index contributed by atoms with van der Waals surface area (Å²) >= 11 is 0. The van der Waals surface area contributed by atoms with Crippen LogP contribution in [0.5, 0.6) is 0 Å². The lowest BCUT2D eigenvalue weighted by atomic mass is 9.70. The van der Waals surface area contributed by atoms with E-state index in [0.717, 1.165) is 24.4 Å². The van der Waals surface area contributed by atoms with Crippen molar-refractivity contribution in [3.8, 4) is 0 Å². The first kappa shape index (κ1) is 22.3. The molecule has 0 aromatic heterocycles. The minimum atomic E-state index is 0.589. The van der Waals surface area contributed by atoms with Gasteiger partial charge in [0.1, 0.15) is 0 Å². The lowest BCUT2D eigenvalue weighted by Crippen LogP contribution is -2.28. The molecule has 0 saturated heterocycles. The second-order valence-electron chi connectivity index (χ2n) is 9.45. The van der Waals surface area contributed by atoms with Crippen LogP contribution in [-0.2, 0) is 4.74 Å². The lowest BCUT2D eigenvalue weighted by Gasteiger charge is -2.38. The van der Waals surface area contributed by atoms with E-state index in [0.29, 0.717) is 6.10 Å². The minimum absolute atomic E-state index is 0.589. The van der Waals surface area contributed by atoms with Gasteiger partial charge >= 0.3 is 0 Å². The molecule has 0 unspecified atom stereocenters. The minimum Gasteiger partial charge on any atom is -0.378 e. The molecule has 0 atom stereocenters. The second-order valence-corrected chi connectivity index (χ2v) is 9.45. The highest BCUT2D eigenvalue weighted by atomic mass is 16.5. The predicted molar refractivity (Wildman–Crippen MR) is 115 cm³/mol. The number of ether oxygens (including phenoxy) is 1. The van der Waals surface area contributed by atoms with Gasteiger partial charge in [0.15, 0.2) is 0 Å². The molecule has 0 spiro atoms. The van der Waals surface area contributed by atoms with E-state index in [2.05, 4.69) is 13.8 Å². The van der Waals surface area contributed by atoms with E-state index >= 15 is 0 Å². The molecule has 0 aromatic rings. The molecule has 0 bridgehead atoms. The third-order valence-electron chi connectivity index (χ3n) is 7.34. The smallest absolute Gasteiger partial charge is 0.0575 e. The maximum absolute atomic E-state index is 6.06. The van der Waals surface area contributed by atoms with Crippen molar-refractivity contribution in [1.82, 2.24) is 0 Å². The topological polar surface area (TPSA) is 9.23 Å². The van der Waals surface area contributed by atoms with E-state index in [9.17, 15) is 0 Å². The molecule has 154 valence electrons. The van der Waals surface area contributed by atoms with E-state index < -0.39 is 0 Å². The molecular weight excluding hydrogens is 316 g/mol. The van der Waals surface area contributed by atoms with E-state index in [1.807, 2.05) is 0 Å². The Morgan fingerprint density at radius 1 is 0.577 bits per heavy atom. The molecule has 2 rings (SSSR count). The Labute approximate surface area is 165 Å². The SMILES string of the molecule is CCCCCCCCC[C@H]1CC[C@H]([C@H]2CC[C@H](OCCCC)CC2)CC1. The zero-order valence-corrected chi connectivity index (χ0v) is 18.2. The Kier molecular flexibility index (Phi) is 12.0. The van der Waals surface area contributed by atoms with Gasteiger partial charge in [-0.25, -0.2) is 0 Å². The molecule has 0 aromatic carbocycles. The summed E-state index contributed by atoms with van der Waals surface area (Å²) in [4.78, 5) is 0. The first-order valence-electron chi connectivity index (χ1n) is 12.4. The van der Waals surface area contributed by atoms with Crippen molar-refractivity contribution < 1.29 is 4.74 Å². The molecule has 26 heavy (non-hydrogen) atoms. The first-order chi connectivity index (χ1) is 12.8. The fourth-order valence-electron chi connectivity index (χ4n) is 5.46. The third kappa shape index (κ3) is 8.77. The Balaban J connectivity index is 1.48. The Hall–Kier alpha value is -0.0400. The van der Waals surface area contributed by atoms with Crippen LogP contribution in [0.1, 0.15) is 129 Å². The molecule has 2 saturated carbocycles. The van der Waals surface area contributed by atoms with Gasteiger partial charge in [-0.3, -0.25) is 0 Å². The Morgan fingerprint density at radius 3 is 1.73 bits per heavy atom. The van der Waals surface area contributed by atoms with Gasteiger partial charge in [-0.05, 0) is 62.7 Å². The molecule has 0 amide bonds. The summed E-state index contributed by atoms with van der Waals surface area (Å²) in [6.45, 7) is 5.56. The van der Waals surface area contributed by atoms with Crippen LogP contribution in [0.15, 0.2) is 0 Å². The van der Waals surface area contributed by atoms with Crippen LogP contribution in [0.25, 0.3) is 0 Å². The summed E-state index contributed by atoms with van der Waals surface area (Å²) in [6, 6.07) is 0. The van der Waals surface area contributed by atoms with Gasteiger partial charge in [-0.15, -0.1) is 0 Å². The molecule has 1 nitrogen and oxygen atoms in total. The number of rotatable bonds is 13. The van der Waals surface area contributed by atoms with Gasteiger partial charge in [0.05, 0.1) is 6.10 Å². The summed E-state index contributed by atoms with van der Waals surface area (Å²) in [5, 5.41) is 0. The predicted octanol–water partition coefficient (Wildman–Crippen LogP) is 8.31. The van der Waals surface area contributed by atoms with Crippen molar-refractivity contribution in [2.24, 2.45) is 17.8 Å². The van der Waals surface area contributed by atoms with Gasteiger partial charge in [0.25, 0.3) is 0 Å². The summed E-state index contributed by atoms with van der Waals surface area (Å²) < 4.78 is 6.06. The largest absolute Gasteiger partial charge is 0.378 e. The third-order valence-corrected chi connectivity index (χ3v) is 7.34. The highest BCUT2D eigenvalue weighted by Crippen LogP contribution is 2.41. The lowest BCUT2D eigenvalue weighted by molar-refractivity contribution is 0.00576. The van der Waals surface area contributed by atoms with Gasteiger partial charge in [0.2, 0.25) is 0 Å². The number of unbranched alkanes of at least 4 members (excludes halogenated alkanes) is 7. The van der Waals surface area contributed by atoms with Gasteiger partial charge in [-0.1, -0.05) is 84.5 Å². The second kappa shape index (κ2) is 14.0.